The molecule has 1 aromatic heterocycles. The molecule has 5 rings (SSSR count). The van der Waals surface area contributed by atoms with Crippen LogP contribution in [-0.4, -0.2) is 29.4 Å². The number of rotatable bonds is 7. The first-order valence-electron chi connectivity index (χ1n) is 13.2. The number of ether oxygens (including phenoxy) is 1. The highest BCUT2D eigenvalue weighted by atomic mass is 19.4. The molecule has 2 amide bonds. The molecule has 0 aliphatic rings. The second kappa shape index (κ2) is 12.2. The van der Waals surface area contributed by atoms with Crippen molar-refractivity contribution in [3.63, 3.8) is 0 Å². The van der Waals surface area contributed by atoms with Gasteiger partial charge in [0.15, 0.2) is 5.78 Å². The minimum Gasteiger partial charge on any atom is -0.462 e. The van der Waals surface area contributed by atoms with Crippen LogP contribution >= 0.6 is 0 Å². The fourth-order valence-electron chi connectivity index (χ4n) is 4.66. The SMILES string of the molecule is CCOC(=O)c1cccc(NC(=O)Nc2cccc(-c3c(C(=O)c4ccccc4)cnc4c(C(F)(F)F)cccc34)c2)c1. The van der Waals surface area contributed by atoms with Crippen LogP contribution in [0.2, 0.25) is 0 Å². The van der Waals surface area contributed by atoms with Crippen molar-refractivity contribution < 1.29 is 32.3 Å². The summed E-state index contributed by atoms with van der Waals surface area (Å²) in [4.78, 5) is 42.5. The van der Waals surface area contributed by atoms with Gasteiger partial charge in [-0.25, -0.2) is 9.59 Å². The number of urea groups is 1. The maximum absolute atomic E-state index is 13.9. The number of pyridine rings is 1. The first-order valence-corrected chi connectivity index (χ1v) is 13.2. The fraction of sp³-hybridized carbons (Fsp3) is 0.0909. The number of hydrogen-bond acceptors (Lipinski definition) is 5. The highest BCUT2D eigenvalue weighted by Gasteiger charge is 2.34. The van der Waals surface area contributed by atoms with Crippen molar-refractivity contribution in [2.75, 3.05) is 17.2 Å². The molecule has 43 heavy (non-hydrogen) atoms. The van der Waals surface area contributed by atoms with E-state index in [9.17, 15) is 27.6 Å². The number of esters is 1. The molecule has 4 aromatic carbocycles. The Morgan fingerprint density at radius 2 is 1.44 bits per heavy atom. The number of amides is 2. The molecule has 10 heteroatoms. The number of benzene rings is 4. The smallest absolute Gasteiger partial charge is 0.418 e. The van der Waals surface area contributed by atoms with Crippen molar-refractivity contribution in [1.82, 2.24) is 4.98 Å². The lowest BCUT2D eigenvalue weighted by atomic mass is 9.91. The number of hydrogen-bond donors (Lipinski definition) is 2. The van der Waals surface area contributed by atoms with Crippen LogP contribution in [0.25, 0.3) is 22.0 Å². The zero-order chi connectivity index (χ0) is 30.6. The lowest BCUT2D eigenvalue weighted by Crippen LogP contribution is -2.19. The predicted octanol–water partition coefficient (Wildman–Crippen LogP) is 7.97. The van der Waals surface area contributed by atoms with Crippen LogP contribution in [0, 0.1) is 0 Å². The van der Waals surface area contributed by atoms with Crippen LogP contribution in [0.15, 0.2) is 103 Å². The number of ketones is 1. The van der Waals surface area contributed by atoms with Gasteiger partial charge in [0.2, 0.25) is 0 Å². The Balaban J connectivity index is 1.53. The quantitative estimate of drug-likeness (QED) is 0.150. The van der Waals surface area contributed by atoms with Gasteiger partial charge in [-0.05, 0) is 48.9 Å². The van der Waals surface area contributed by atoms with E-state index in [4.69, 9.17) is 4.74 Å². The molecular formula is C33H24F3N3O4. The molecule has 1 heterocycles. The number of nitrogens with zero attached hydrogens (tertiary/aromatic N) is 1. The van der Waals surface area contributed by atoms with E-state index in [0.29, 0.717) is 22.5 Å². The van der Waals surface area contributed by atoms with Gasteiger partial charge in [-0.1, -0.05) is 60.7 Å². The van der Waals surface area contributed by atoms with Gasteiger partial charge in [0, 0.05) is 39.6 Å². The second-order valence-electron chi connectivity index (χ2n) is 9.40. The Morgan fingerprint density at radius 1 is 0.791 bits per heavy atom. The van der Waals surface area contributed by atoms with E-state index in [1.807, 2.05) is 0 Å². The zero-order valence-corrected chi connectivity index (χ0v) is 22.7. The zero-order valence-electron chi connectivity index (χ0n) is 22.7. The number of carbonyl (C=O) groups is 3. The highest BCUT2D eigenvalue weighted by Crippen LogP contribution is 2.39. The number of alkyl halides is 3. The summed E-state index contributed by atoms with van der Waals surface area (Å²) in [6.45, 7) is 1.89. The maximum Gasteiger partial charge on any atom is 0.418 e. The molecule has 0 aliphatic heterocycles. The molecule has 0 unspecified atom stereocenters. The molecule has 0 spiro atoms. The van der Waals surface area contributed by atoms with Crippen molar-refractivity contribution in [3.8, 4) is 11.1 Å². The summed E-state index contributed by atoms with van der Waals surface area (Å²) in [7, 11) is 0. The summed E-state index contributed by atoms with van der Waals surface area (Å²) in [6, 6.07) is 24.1. The topological polar surface area (TPSA) is 97.4 Å². The number of anilines is 2. The molecule has 216 valence electrons. The average molecular weight is 584 g/mol. The number of aromatic nitrogens is 1. The Morgan fingerprint density at radius 3 is 2.14 bits per heavy atom. The van der Waals surface area contributed by atoms with Gasteiger partial charge < -0.3 is 15.4 Å². The summed E-state index contributed by atoms with van der Waals surface area (Å²) in [5, 5.41) is 5.47. The monoisotopic (exact) mass is 583 g/mol. The molecule has 0 fully saturated rings. The summed E-state index contributed by atoms with van der Waals surface area (Å²) in [5.74, 6) is -0.946. The van der Waals surface area contributed by atoms with E-state index >= 15 is 0 Å². The third-order valence-electron chi connectivity index (χ3n) is 6.52. The van der Waals surface area contributed by atoms with Gasteiger partial charge in [-0.3, -0.25) is 9.78 Å². The minimum absolute atomic E-state index is 0.107. The van der Waals surface area contributed by atoms with E-state index in [1.165, 1.54) is 18.2 Å². The number of nitrogens with one attached hydrogen (secondary N) is 2. The van der Waals surface area contributed by atoms with Crippen LogP contribution in [0.3, 0.4) is 0 Å². The number of halogens is 3. The van der Waals surface area contributed by atoms with Crippen molar-refractivity contribution in [2.24, 2.45) is 0 Å². The Bertz CT molecular complexity index is 1840. The van der Waals surface area contributed by atoms with Gasteiger partial charge in [0.25, 0.3) is 0 Å². The Labute approximate surface area is 244 Å². The summed E-state index contributed by atoms with van der Waals surface area (Å²) in [6.07, 6.45) is -3.51. The Hall–Kier alpha value is -5.51. The molecule has 0 bridgehead atoms. The van der Waals surface area contributed by atoms with Gasteiger partial charge in [0.1, 0.15) is 0 Å². The number of para-hydroxylation sites is 1. The van der Waals surface area contributed by atoms with Crippen LogP contribution in [0.1, 0.15) is 38.8 Å². The van der Waals surface area contributed by atoms with Crippen molar-refractivity contribution in [3.05, 3.63) is 126 Å². The largest absolute Gasteiger partial charge is 0.462 e. The average Bonchev–Trinajstić information content (AvgIpc) is 3.00. The van der Waals surface area contributed by atoms with Gasteiger partial charge >= 0.3 is 18.2 Å². The molecule has 0 saturated carbocycles. The third-order valence-corrected chi connectivity index (χ3v) is 6.52. The molecular weight excluding hydrogens is 559 g/mol. The molecule has 0 atom stereocenters. The highest BCUT2D eigenvalue weighted by molar-refractivity contribution is 6.17. The lowest BCUT2D eigenvalue weighted by molar-refractivity contribution is -0.136. The van der Waals surface area contributed by atoms with E-state index in [-0.39, 0.29) is 34.2 Å². The van der Waals surface area contributed by atoms with E-state index in [1.54, 1.807) is 79.7 Å². The van der Waals surface area contributed by atoms with Crippen LogP contribution in [0.4, 0.5) is 29.3 Å². The van der Waals surface area contributed by atoms with Crippen LogP contribution in [0.5, 0.6) is 0 Å². The van der Waals surface area contributed by atoms with Crippen LogP contribution in [-0.2, 0) is 10.9 Å². The minimum atomic E-state index is -4.67. The lowest BCUT2D eigenvalue weighted by Gasteiger charge is -2.16. The second-order valence-corrected chi connectivity index (χ2v) is 9.40. The molecule has 0 aliphatic carbocycles. The van der Waals surface area contributed by atoms with Crippen molar-refractivity contribution >= 4 is 40.1 Å². The first-order chi connectivity index (χ1) is 20.7. The predicted molar refractivity (Wildman–Crippen MR) is 157 cm³/mol. The normalized spacial score (nSPS) is 11.2. The Kier molecular flexibility index (Phi) is 8.20. The van der Waals surface area contributed by atoms with Crippen LogP contribution < -0.4 is 10.6 Å². The molecule has 7 nitrogen and oxygen atoms in total. The van der Waals surface area contributed by atoms with Gasteiger partial charge in [-0.2, -0.15) is 13.2 Å². The van der Waals surface area contributed by atoms with E-state index in [0.717, 1.165) is 12.3 Å². The van der Waals surface area contributed by atoms with E-state index in [2.05, 4.69) is 15.6 Å². The maximum atomic E-state index is 13.9. The molecule has 0 radical (unpaired) electrons. The van der Waals surface area contributed by atoms with E-state index < -0.39 is 29.5 Å². The van der Waals surface area contributed by atoms with Crippen molar-refractivity contribution in [1.29, 1.82) is 0 Å². The first kappa shape index (κ1) is 29.0. The summed E-state index contributed by atoms with van der Waals surface area (Å²) < 4.78 is 46.6. The molecule has 2 N–H and O–H groups in total. The summed E-state index contributed by atoms with van der Waals surface area (Å²) in [5.41, 5.74) is 0.785. The standard InChI is InChI=1S/C33H24F3N3O4/c1-2-43-31(41)22-12-7-14-24(18-22)39-32(42)38-23-13-6-11-21(17-23)28-25-15-8-16-27(33(34,35)36)29(25)37-19-26(28)30(40)20-9-4-3-5-10-20/h3-19H,2H2,1H3,(H2,38,39,42). The molecule has 0 saturated heterocycles. The molecule has 5 aromatic rings. The number of carbonyl (C=O) groups excluding carboxylic acids is 3. The fourth-order valence-corrected chi connectivity index (χ4v) is 4.66. The van der Waals surface area contributed by atoms with Crippen molar-refractivity contribution in [2.45, 2.75) is 13.1 Å². The van der Waals surface area contributed by atoms with Gasteiger partial charge in [0.05, 0.1) is 23.3 Å². The third kappa shape index (κ3) is 6.38. The van der Waals surface area contributed by atoms with Gasteiger partial charge in [-0.15, -0.1) is 0 Å². The number of fused-ring (bicyclic) bond motifs is 1. The summed E-state index contributed by atoms with van der Waals surface area (Å²) >= 11 is 0.